The molecule has 1 aromatic carbocycles. The summed E-state index contributed by atoms with van der Waals surface area (Å²) >= 11 is 1.81. The van der Waals surface area contributed by atoms with Crippen molar-refractivity contribution in [3.8, 4) is 0 Å². The summed E-state index contributed by atoms with van der Waals surface area (Å²) in [6.45, 7) is -0.0244. The first kappa shape index (κ1) is 15.8. The third kappa shape index (κ3) is 4.48. The number of aliphatic hydroxyl groups is 1. The van der Waals surface area contributed by atoms with Gasteiger partial charge in [-0.2, -0.15) is 11.8 Å². The van der Waals surface area contributed by atoms with Gasteiger partial charge in [-0.25, -0.2) is 13.1 Å². The van der Waals surface area contributed by atoms with Crippen LogP contribution >= 0.6 is 11.8 Å². The molecular weight excluding hydrogens is 294 g/mol. The van der Waals surface area contributed by atoms with Crippen molar-refractivity contribution in [1.82, 2.24) is 4.72 Å². The van der Waals surface area contributed by atoms with E-state index in [0.717, 1.165) is 30.4 Å². The van der Waals surface area contributed by atoms with E-state index < -0.39 is 10.0 Å². The SMILES string of the molecule is CSC1CCC(NS(=O)(=O)Cc2ccc(CO)cc2)C1. The second-order valence-electron chi connectivity index (χ2n) is 5.22. The number of hydrogen-bond acceptors (Lipinski definition) is 4. The van der Waals surface area contributed by atoms with Crippen LogP contribution in [0.25, 0.3) is 0 Å². The lowest BCUT2D eigenvalue weighted by molar-refractivity contribution is 0.282. The van der Waals surface area contributed by atoms with Gasteiger partial charge < -0.3 is 5.11 Å². The topological polar surface area (TPSA) is 66.4 Å². The minimum Gasteiger partial charge on any atom is -0.392 e. The summed E-state index contributed by atoms with van der Waals surface area (Å²) in [4.78, 5) is 0. The zero-order chi connectivity index (χ0) is 14.6. The van der Waals surface area contributed by atoms with Crippen molar-refractivity contribution >= 4 is 21.8 Å². The zero-order valence-electron chi connectivity index (χ0n) is 11.6. The summed E-state index contributed by atoms with van der Waals surface area (Å²) in [6.07, 6.45) is 5.00. The summed E-state index contributed by atoms with van der Waals surface area (Å²) in [5.74, 6) is -0.000850. The van der Waals surface area contributed by atoms with E-state index in [9.17, 15) is 8.42 Å². The van der Waals surface area contributed by atoms with Gasteiger partial charge in [0, 0.05) is 11.3 Å². The van der Waals surface area contributed by atoms with Crippen LogP contribution in [0.1, 0.15) is 30.4 Å². The molecule has 2 atom stereocenters. The molecule has 0 spiro atoms. The Morgan fingerprint density at radius 2 is 1.90 bits per heavy atom. The summed E-state index contributed by atoms with van der Waals surface area (Å²) < 4.78 is 27.1. The average molecular weight is 315 g/mol. The van der Waals surface area contributed by atoms with Crippen molar-refractivity contribution in [2.45, 2.75) is 42.9 Å². The van der Waals surface area contributed by atoms with E-state index in [-0.39, 0.29) is 18.4 Å². The number of nitrogens with one attached hydrogen (secondary N) is 1. The first-order chi connectivity index (χ1) is 9.52. The Bertz CT molecular complexity index is 528. The second-order valence-corrected chi connectivity index (χ2v) is 8.11. The fraction of sp³-hybridized carbons (Fsp3) is 0.571. The van der Waals surface area contributed by atoms with Crippen LogP contribution in [0.2, 0.25) is 0 Å². The molecule has 2 N–H and O–H groups in total. The van der Waals surface area contributed by atoms with Gasteiger partial charge in [0.25, 0.3) is 0 Å². The number of hydrogen-bond donors (Lipinski definition) is 2. The lowest BCUT2D eigenvalue weighted by Gasteiger charge is -2.13. The summed E-state index contributed by atoms with van der Waals surface area (Å²) in [7, 11) is -3.29. The standard InChI is InChI=1S/C14H21NO3S2/c1-19-14-7-6-13(8-14)15-20(17,18)10-12-4-2-11(9-16)3-5-12/h2-5,13-16H,6-10H2,1H3. The van der Waals surface area contributed by atoms with Crippen LogP contribution < -0.4 is 4.72 Å². The van der Waals surface area contributed by atoms with Gasteiger partial charge in [0.1, 0.15) is 0 Å². The van der Waals surface area contributed by atoms with E-state index in [4.69, 9.17) is 5.11 Å². The van der Waals surface area contributed by atoms with Crippen LogP contribution in [0, 0.1) is 0 Å². The van der Waals surface area contributed by atoms with Crippen molar-refractivity contribution in [3.05, 3.63) is 35.4 Å². The Morgan fingerprint density at radius 3 is 2.45 bits per heavy atom. The maximum atomic E-state index is 12.1. The van der Waals surface area contributed by atoms with E-state index >= 15 is 0 Å². The van der Waals surface area contributed by atoms with E-state index in [1.165, 1.54) is 0 Å². The molecule has 0 aliphatic heterocycles. The molecule has 20 heavy (non-hydrogen) atoms. The molecular formula is C14H21NO3S2. The molecule has 2 unspecified atom stereocenters. The van der Waals surface area contributed by atoms with Crippen molar-refractivity contribution in [3.63, 3.8) is 0 Å². The first-order valence-electron chi connectivity index (χ1n) is 6.74. The summed E-state index contributed by atoms with van der Waals surface area (Å²) in [5, 5.41) is 9.54. The van der Waals surface area contributed by atoms with Crippen molar-refractivity contribution in [2.75, 3.05) is 6.26 Å². The van der Waals surface area contributed by atoms with Gasteiger partial charge in [-0.05, 0) is 36.6 Å². The molecule has 0 aromatic heterocycles. The molecule has 2 rings (SSSR count). The highest BCUT2D eigenvalue weighted by Gasteiger charge is 2.27. The van der Waals surface area contributed by atoms with Crippen LogP contribution in [-0.4, -0.2) is 31.1 Å². The predicted octanol–water partition coefficient (Wildman–Crippen LogP) is 1.88. The summed E-state index contributed by atoms with van der Waals surface area (Å²) in [6, 6.07) is 7.09. The fourth-order valence-corrected chi connectivity index (χ4v) is 4.75. The van der Waals surface area contributed by atoms with E-state index in [1.807, 2.05) is 11.8 Å². The molecule has 1 aromatic rings. The first-order valence-corrected chi connectivity index (χ1v) is 9.68. The number of thioether (sulfide) groups is 1. The highest BCUT2D eigenvalue weighted by atomic mass is 32.2. The molecule has 0 amide bonds. The van der Waals surface area contributed by atoms with Gasteiger partial charge >= 0.3 is 0 Å². The number of aliphatic hydroxyl groups excluding tert-OH is 1. The van der Waals surface area contributed by atoms with Gasteiger partial charge in [-0.15, -0.1) is 0 Å². The fourth-order valence-electron chi connectivity index (χ4n) is 2.52. The molecule has 0 bridgehead atoms. The smallest absolute Gasteiger partial charge is 0.216 e. The average Bonchev–Trinajstić information content (AvgIpc) is 2.86. The van der Waals surface area contributed by atoms with E-state index in [1.54, 1.807) is 24.3 Å². The van der Waals surface area contributed by atoms with Crippen molar-refractivity contribution in [2.24, 2.45) is 0 Å². The van der Waals surface area contributed by atoms with Crippen LogP contribution in [-0.2, 0) is 22.4 Å². The van der Waals surface area contributed by atoms with Gasteiger partial charge in [-0.1, -0.05) is 24.3 Å². The Morgan fingerprint density at radius 1 is 1.25 bits per heavy atom. The highest BCUT2D eigenvalue weighted by molar-refractivity contribution is 7.99. The quantitative estimate of drug-likeness (QED) is 0.841. The number of benzene rings is 1. The molecule has 4 nitrogen and oxygen atoms in total. The Hall–Kier alpha value is -0.560. The van der Waals surface area contributed by atoms with Crippen LogP contribution in [0.4, 0.5) is 0 Å². The normalized spacial score (nSPS) is 23.1. The van der Waals surface area contributed by atoms with E-state index in [2.05, 4.69) is 11.0 Å². The predicted molar refractivity (Wildman–Crippen MR) is 83.1 cm³/mol. The molecule has 0 saturated heterocycles. The number of sulfonamides is 1. The molecule has 1 aliphatic rings. The summed E-state index contributed by atoms with van der Waals surface area (Å²) in [5.41, 5.74) is 1.53. The minimum atomic E-state index is -3.29. The van der Waals surface area contributed by atoms with E-state index in [0.29, 0.717) is 5.25 Å². The molecule has 1 fully saturated rings. The molecule has 112 valence electrons. The third-order valence-electron chi connectivity index (χ3n) is 3.63. The Labute approximate surface area is 125 Å². The maximum Gasteiger partial charge on any atom is 0.216 e. The van der Waals surface area contributed by atoms with Crippen molar-refractivity contribution < 1.29 is 13.5 Å². The lowest BCUT2D eigenvalue weighted by Crippen LogP contribution is -2.34. The molecule has 1 aliphatic carbocycles. The monoisotopic (exact) mass is 315 g/mol. The van der Waals surface area contributed by atoms with Crippen LogP contribution in [0.5, 0.6) is 0 Å². The highest BCUT2D eigenvalue weighted by Crippen LogP contribution is 2.28. The molecule has 6 heteroatoms. The number of rotatable bonds is 6. The third-order valence-corrected chi connectivity index (χ3v) is 6.13. The molecule has 0 radical (unpaired) electrons. The van der Waals surface area contributed by atoms with Crippen LogP contribution in [0.3, 0.4) is 0 Å². The maximum absolute atomic E-state index is 12.1. The molecule has 0 heterocycles. The van der Waals surface area contributed by atoms with Gasteiger partial charge in [-0.3, -0.25) is 0 Å². The van der Waals surface area contributed by atoms with Gasteiger partial charge in [0.2, 0.25) is 10.0 Å². The largest absolute Gasteiger partial charge is 0.392 e. The Balaban J connectivity index is 1.93. The Kier molecular flexibility index (Phi) is 5.49. The van der Waals surface area contributed by atoms with Crippen LogP contribution in [0.15, 0.2) is 24.3 Å². The van der Waals surface area contributed by atoms with Gasteiger partial charge in [0.05, 0.1) is 12.4 Å². The molecule has 1 saturated carbocycles. The van der Waals surface area contributed by atoms with Crippen molar-refractivity contribution in [1.29, 1.82) is 0 Å². The zero-order valence-corrected chi connectivity index (χ0v) is 13.2. The van der Waals surface area contributed by atoms with Gasteiger partial charge in [0.15, 0.2) is 0 Å². The minimum absolute atomic E-state index is 0.000850. The second kappa shape index (κ2) is 6.93. The lowest BCUT2D eigenvalue weighted by atomic mass is 10.2.